The van der Waals surface area contributed by atoms with Gasteiger partial charge in [-0.1, -0.05) is 48.5 Å². The Morgan fingerprint density at radius 3 is 2.67 bits per heavy atom. The predicted octanol–water partition coefficient (Wildman–Crippen LogP) is 4.04. The zero-order valence-electron chi connectivity index (χ0n) is 10.2. The molecular weight excluding hydrogens is 220 g/mol. The van der Waals surface area contributed by atoms with Gasteiger partial charge < -0.3 is 0 Å². The minimum Gasteiger partial charge on any atom is -0.277 e. The van der Waals surface area contributed by atoms with E-state index in [0.717, 1.165) is 16.6 Å². The minimum atomic E-state index is 0.980. The van der Waals surface area contributed by atoms with Crippen LogP contribution in [0, 0.1) is 6.92 Å². The number of aryl methyl sites for hydroxylation is 1. The summed E-state index contributed by atoms with van der Waals surface area (Å²) in [5.41, 5.74) is 4.49. The Hall–Kier alpha value is -2.35. The first-order valence-corrected chi connectivity index (χ1v) is 6.01. The molecule has 2 heteroatoms. The van der Waals surface area contributed by atoms with Crippen LogP contribution in [0.2, 0.25) is 0 Å². The maximum atomic E-state index is 4.34. The van der Waals surface area contributed by atoms with Crippen molar-refractivity contribution in [1.82, 2.24) is 10.2 Å². The Morgan fingerprint density at radius 1 is 1.00 bits per heavy atom. The van der Waals surface area contributed by atoms with E-state index in [1.54, 1.807) is 0 Å². The van der Waals surface area contributed by atoms with Gasteiger partial charge in [0.05, 0.1) is 11.2 Å². The van der Waals surface area contributed by atoms with E-state index in [1.807, 2.05) is 24.3 Å². The van der Waals surface area contributed by atoms with E-state index in [4.69, 9.17) is 0 Å². The van der Waals surface area contributed by atoms with Crippen LogP contribution in [-0.2, 0) is 0 Å². The Kier molecular flexibility index (Phi) is 2.69. The van der Waals surface area contributed by atoms with E-state index in [0.29, 0.717) is 0 Å². The van der Waals surface area contributed by atoms with E-state index >= 15 is 0 Å². The molecule has 0 saturated heterocycles. The summed E-state index contributed by atoms with van der Waals surface area (Å²) in [4.78, 5) is 0. The van der Waals surface area contributed by atoms with E-state index < -0.39 is 0 Å². The highest BCUT2D eigenvalue weighted by atomic mass is 15.1. The highest BCUT2D eigenvalue weighted by molar-refractivity contribution is 5.89. The van der Waals surface area contributed by atoms with Crippen molar-refractivity contribution in [2.45, 2.75) is 6.92 Å². The lowest BCUT2D eigenvalue weighted by molar-refractivity contribution is 1.11. The van der Waals surface area contributed by atoms with Crippen LogP contribution in [0.5, 0.6) is 0 Å². The van der Waals surface area contributed by atoms with Gasteiger partial charge in [0.25, 0.3) is 0 Å². The predicted molar refractivity (Wildman–Crippen MR) is 76.2 cm³/mol. The molecule has 0 saturated carbocycles. The van der Waals surface area contributed by atoms with E-state index in [-0.39, 0.29) is 0 Å². The van der Waals surface area contributed by atoms with Gasteiger partial charge in [-0.15, -0.1) is 0 Å². The third-order valence-electron chi connectivity index (χ3n) is 2.98. The highest BCUT2D eigenvalue weighted by Crippen LogP contribution is 2.19. The van der Waals surface area contributed by atoms with E-state index in [1.165, 1.54) is 11.1 Å². The quantitative estimate of drug-likeness (QED) is 0.712. The van der Waals surface area contributed by atoms with Gasteiger partial charge in [0.1, 0.15) is 0 Å². The summed E-state index contributed by atoms with van der Waals surface area (Å²) >= 11 is 0. The number of hydrogen-bond acceptors (Lipinski definition) is 1. The van der Waals surface area contributed by atoms with Crippen molar-refractivity contribution >= 4 is 23.1 Å². The van der Waals surface area contributed by atoms with Crippen molar-refractivity contribution < 1.29 is 0 Å². The summed E-state index contributed by atoms with van der Waals surface area (Å²) in [6, 6.07) is 16.6. The summed E-state index contributed by atoms with van der Waals surface area (Å²) in [5.74, 6) is 0. The lowest BCUT2D eigenvalue weighted by atomic mass is 10.1. The molecule has 1 N–H and O–H groups in total. The normalized spacial score (nSPS) is 11.4. The molecule has 0 spiro atoms. The summed E-state index contributed by atoms with van der Waals surface area (Å²) in [5, 5.41) is 8.56. The van der Waals surface area contributed by atoms with Crippen LogP contribution in [0.25, 0.3) is 23.1 Å². The lowest BCUT2D eigenvalue weighted by Gasteiger charge is -1.93. The summed E-state index contributed by atoms with van der Waals surface area (Å²) in [6.07, 6.45) is 4.12. The lowest BCUT2D eigenvalue weighted by Crippen LogP contribution is -1.74. The number of nitrogens with zero attached hydrogens (tertiary/aromatic N) is 1. The Labute approximate surface area is 106 Å². The summed E-state index contributed by atoms with van der Waals surface area (Å²) in [6.45, 7) is 2.08. The van der Waals surface area contributed by atoms with Crippen molar-refractivity contribution in [3.05, 3.63) is 65.4 Å². The third kappa shape index (κ3) is 2.05. The van der Waals surface area contributed by atoms with Crippen LogP contribution >= 0.6 is 0 Å². The fraction of sp³-hybridized carbons (Fsp3) is 0.0625. The SMILES string of the molecule is Cc1ccc2c(/C=C/c3ccccc3)n[nH]c2c1. The number of rotatable bonds is 2. The highest BCUT2D eigenvalue weighted by Gasteiger charge is 2.01. The number of benzene rings is 2. The van der Waals surface area contributed by atoms with Crippen LogP contribution in [0.1, 0.15) is 16.8 Å². The van der Waals surface area contributed by atoms with Crippen molar-refractivity contribution in [3.8, 4) is 0 Å². The number of hydrogen-bond donors (Lipinski definition) is 1. The molecule has 0 aliphatic carbocycles. The molecule has 0 unspecified atom stereocenters. The maximum absolute atomic E-state index is 4.34. The van der Waals surface area contributed by atoms with Crippen LogP contribution in [0.4, 0.5) is 0 Å². The molecule has 3 aromatic rings. The molecule has 3 rings (SSSR count). The average molecular weight is 234 g/mol. The number of aromatic nitrogens is 2. The molecule has 0 radical (unpaired) electrons. The fourth-order valence-electron chi connectivity index (χ4n) is 2.02. The second-order valence-corrected chi connectivity index (χ2v) is 4.40. The zero-order valence-corrected chi connectivity index (χ0v) is 10.2. The van der Waals surface area contributed by atoms with Gasteiger partial charge in [0.2, 0.25) is 0 Å². The molecule has 0 fully saturated rings. The smallest absolute Gasteiger partial charge is 0.0927 e. The van der Waals surface area contributed by atoms with Gasteiger partial charge in [-0.2, -0.15) is 5.10 Å². The van der Waals surface area contributed by atoms with Gasteiger partial charge in [-0.05, 0) is 30.2 Å². The molecule has 1 heterocycles. The summed E-state index contributed by atoms with van der Waals surface area (Å²) < 4.78 is 0. The average Bonchev–Trinajstić information content (AvgIpc) is 2.80. The van der Waals surface area contributed by atoms with Crippen molar-refractivity contribution in [1.29, 1.82) is 0 Å². The van der Waals surface area contributed by atoms with Crippen LogP contribution in [0.3, 0.4) is 0 Å². The van der Waals surface area contributed by atoms with Crippen molar-refractivity contribution in [2.24, 2.45) is 0 Å². The molecule has 2 nitrogen and oxygen atoms in total. The van der Waals surface area contributed by atoms with Gasteiger partial charge in [-0.3, -0.25) is 5.10 Å². The Bertz CT molecular complexity index is 693. The monoisotopic (exact) mass is 234 g/mol. The van der Waals surface area contributed by atoms with Crippen LogP contribution in [-0.4, -0.2) is 10.2 Å². The third-order valence-corrected chi connectivity index (χ3v) is 2.98. The zero-order chi connectivity index (χ0) is 12.4. The van der Waals surface area contributed by atoms with Gasteiger partial charge >= 0.3 is 0 Å². The summed E-state index contributed by atoms with van der Waals surface area (Å²) in [7, 11) is 0. The fourth-order valence-corrected chi connectivity index (χ4v) is 2.02. The molecule has 0 atom stereocenters. The molecule has 1 aromatic heterocycles. The second kappa shape index (κ2) is 4.49. The van der Waals surface area contributed by atoms with Gasteiger partial charge in [0, 0.05) is 5.39 Å². The first-order valence-electron chi connectivity index (χ1n) is 6.01. The van der Waals surface area contributed by atoms with Gasteiger partial charge in [0.15, 0.2) is 0 Å². The second-order valence-electron chi connectivity index (χ2n) is 4.40. The molecule has 0 aliphatic heterocycles. The molecule has 0 amide bonds. The number of aromatic amines is 1. The number of fused-ring (bicyclic) bond motifs is 1. The molecule has 88 valence electrons. The molecule has 2 aromatic carbocycles. The first-order chi connectivity index (χ1) is 8.83. The van der Waals surface area contributed by atoms with Crippen LogP contribution < -0.4 is 0 Å². The van der Waals surface area contributed by atoms with Crippen molar-refractivity contribution in [3.63, 3.8) is 0 Å². The van der Waals surface area contributed by atoms with E-state index in [9.17, 15) is 0 Å². The number of nitrogens with one attached hydrogen (secondary N) is 1. The topological polar surface area (TPSA) is 28.7 Å². The largest absolute Gasteiger partial charge is 0.277 e. The number of H-pyrrole nitrogens is 1. The molecule has 18 heavy (non-hydrogen) atoms. The molecule has 0 aliphatic rings. The Morgan fingerprint density at radius 2 is 1.83 bits per heavy atom. The van der Waals surface area contributed by atoms with Crippen molar-refractivity contribution in [2.75, 3.05) is 0 Å². The maximum Gasteiger partial charge on any atom is 0.0927 e. The standard InChI is InChI=1S/C16H14N2/c1-12-7-9-14-15(17-18-16(14)11-12)10-8-13-5-3-2-4-6-13/h2-11H,1H3,(H,17,18)/b10-8+. The molecular formula is C16H14N2. The minimum absolute atomic E-state index is 0.980. The van der Waals surface area contributed by atoms with Gasteiger partial charge in [-0.25, -0.2) is 0 Å². The Balaban J connectivity index is 1.98. The van der Waals surface area contributed by atoms with E-state index in [2.05, 4.69) is 53.5 Å². The van der Waals surface area contributed by atoms with Crippen LogP contribution in [0.15, 0.2) is 48.5 Å². The first kappa shape index (κ1) is 10.8. The molecule has 0 bridgehead atoms.